The van der Waals surface area contributed by atoms with Gasteiger partial charge in [-0.05, 0) is 30.9 Å². The molecule has 0 N–H and O–H groups in total. The van der Waals surface area contributed by atoms with E-state index in [-0.39, 0.29) is 0 Å². The van der Waals surface area contributed by atoms with Gasteiger partial charge in [-0.25, -0.2) is 0 Å². The third-order valence-corrected chi connectivity index (χ3v) is 8.35. The minimum absolute atomic E-state index is 0.795. The molecule has 0 amide bonds. The molecule has 0 unspecified atom stereocenters. The topological polar surface area (TPSA) is 0 Å². The SMILES string of the molecule is CCCCc1cc2c(-c3ccccc3C)c(CC)ccc2[cH-]1.[Cl][Zr+2][Cl].[c-]1cccc2c1[Si]c1ccccc1-2. The second kappa shape index (κ2) is 14.5. The Morgan fingerprint density at radius 2 is 1.58 bits per heavy atom. The summed E-state index contributed by atoms with van der Waals surface area (Å²) in [5.74, 6) is 0. The van der Waals surface area contributed by atoms with Gasteiger partial charge in [-0.2, -0.15) is 35.5 Å². The van der Waals surface area contributed by atoms with Crippen molar-refractivity contribution >= 4 is 47.7 Å². The quantitative estimate of drug-likeness (QED) is 0.132. The predicted molar refractivity (Wildman–Crippen MR) is 165 cm³/mol. The first-order chi connectivity index (χ1) is 18.6. The predicted octanol–water partition coefficient (Wildman–Crippen LogP) is 8.94. The Morgan fingerprint density at radius 3 is 2.32 bits per heavy atom. The Hall–Kier alpha value is -1.83. The van der Waals surface area contributed by atoms with E-state index in [1.54, 1.807) is 0 Å². The first-order valence-electron chi connectivity index (χ1n) is 13.2. The maximum absolute atomic E-state index is 4.93. The number of hydrogen-bond acceptors (Lipinski definition) is 0. The summed E-state index contributed by atoms with van der Waals surface area (Å²) in [6, 6.07) is 36.3. The monoisotopic (exact) mass is 628 g/mol. The van der Waals surface area contributed by atoms with Crippen LogP contribution in [0.5, 0.6) is 0 Å². The standard InChI is InChI=1S/C22H25.C12H7Si.2ClH.Zr/c1-4-6-10-17-14-19-13-12-18(5-2)22(21(19)15-17)20-11-8-7-9-16(20)3;1-3-7-11-9(5-1)10-6-2-4-8-12(10)13-11;;;/h7-9,11-15H,4-6,10H2,1-3H3;1-7H;2*1H;/q2*-1;;;+4/p-2. The van der Waals surface area contributed by atoms with Gasteiger partial charge in [-0.3, -0.25) is 0 Å². The number of rotatable bonds is 5. The summed E-state index contributed by atoms with van der Waals surface area (Å²) in [6.07, 6.45) is 4.80. The van der Waals surface area contributed by atoms with E-state index < -0.39 is 20.8 Å². The first-order valence-corrected chi connectivity index (χ1v) is 20.5. The molecular formula is C34H32Cl2SiZr. The van der Waals surface area contributed by atoms with Gasteiger partial charge in [0.25, 0.3) is 0 Å². The molecule has 0 saturated carbocycles. The fourth-order valence-corrected chi connectivity index (χ4v) is 6.42. The van der Waals surface area contributed by atoms with E-state index in [9.17, 15) is 0 Å². The van der Waals surface area contributed by atoms with Gasteiger partial charge < -0.3 is 0 Å². The van der Waals surface area contributed by atoms with Gasteiger partial charge in [0.2, 0.25) is 0 Å². The summed E-state index contributed by atoms with van der Waals surface area (Å²) in [4.78, 5) is 0. The van der Waals surface area contributed by atoms with E-state index in [2.05, 4.69) is 112 Å². The number of hydrogen-bond donors (Lipinski definition) is 0. The zero-order chi connectivity index (χ0) is 26.9. The smallest absolute Gasteiger partial charge is 0.0920 e. The van der Waals surface area contributed by atoms with Gasteiger partial charge in [0.05, 0.1) is 9.52 Å². The van der Waals surface area contributed by atoms with Crippen LogP contribution in [-0.4, -0.2) is 9.52 Å². The van der Waals surface area contributed by atoms with Crippen molar-refractivity contribution < 1.29 is 20.8 Å². The van der Waals surface area contributed by atoms with Crippen LogP contribution < -0.4 is 10.4 Å². The van der Waals surface area contributed by atoms with Crippen molar-refractivity contribution in [1.82, 2.24) is 0 Å². The normalized spacial score (nSPS) is 11.0. The van der Waals surface area contributed by atoms with Crippen LogP contribution >= 0.6 is 17.0 Å². The Morgan fingerprint density at radius 1 is 0.868 bits per heavy atom. The molecule has 190 valence electrons. The van der Waals surface area contributed by atoms with Crippen molar-refractivity contribution in [2.75, 3.05) is 0 Å². The maximum atomic E-state index is 4.93. The van der Waals surface area contributed by atoms with Crippen molar-refractivity contribution in [2.24, 2.45) is 0 Å². The van der Waals surface area contributed by atoms with Crippen molar-refractivity contribution in [1.29, 1.82) is 0 Å². The maximum Gasteiger partial charge on any atom is 0.0920 e. The summed E-state index contributed by atoms with van der Waals surface area (Å²) in [5, 5.41) is 5.64. The number of unbranched alkanes of at least 4 members (excludes halogenated alkanes) is 1. The molecule has 5 aromatic rings. The molecule has 1 heterocycles. The zero-order valence-corrected chi connectivity index (χ0v) is 27.2. The van der Waals surface area contributed by atoms with Gasteiger partial charge in [0.15, 0.2) is 0 Å². The largest absolute Gasteiger partial charge is 0.184 e. The fourth-order valence-electron chi connectivity index (χ4n) is 5.11. The molecule has 0 saturated heterocycles. The molecule has 2 radical (unpaired) electrons. The molecule has 0 spiro atoms. The summed E-state index contributed by atoms with van der Waals surface area (Å²) in [5.41, 5.74) is 9.90. The Bertz CT molecular complexity index is 1440. The summed E-state index contributed by atoms with van der Waals surface area (Å²) < 4.78 is 0. The second-order valence-corrected chi connectivity index (χ2v) is 14.5. The number of fused-ring (bicyclic) bond motifs is 4. The van der Waals surface area contributed by atoms with E-state index in [1.807, 2.05) is 6.07 Å². The molecule has 0 aliphatic carbocycles. The fraction of sp³-hybridized carbons (Fsp3) is 0.206. The Balaban J connectivity index is 0.000000177. The van der Waals surface area contributed by atoms with E-state index >= 15 is 0 Å². The van der Waals surface area contributed by atoms with Crippen LogP contribution in [0.2, 0.25) is 0 Å². The van der Waals surface area contributed by atoms with Crippen LogP contribution in [0.4, 0.5) is 0 Å². The Labute approximate surface area is 249 Å². The van der Waals surface area contributed by atoms with Crippen LogP contribution in [0.25, 0.3) is 33.0 Å². The van der Waals surface area contributed by atoms with E-state index in [1.165, 1.54) is 79.4 Å². The molecule has 0 nitrogen and oxygen atoms in total. The third-order valence-electron chi connectivity index (χ3n) is 6.98. The second-order valence-electron chi connectivity index (χ2n) is 9.44. The van der Waals surface area contributed by atoms with Crippen molar-refractivity contribution in [3.8, 4) is 22.3 Å². The van der Waals surface area contributed by atoms with Gasteiger partial charge in [0.1, 0.15) is 0 Å². The molecule has 0 bridgehead atoms. The van der Waals surface area contributed by atoms with Gasteiger partial charge in [-0.1, -0.05) is 97.1 Å². The molecular weight excluding hydrogens is 599 g/mol. The van der Waals surface area contributed by atoms with Crippen LogP contribution in [-0.2, 0) is 33.7 Å². The minimum Gasteiger partial charge on any atom is -0.184 e. The molecule has 0 aromatic heterocycles. The average molecular weight is 631 g/mol. The van der Waals surface area contributed by atoms with Gasteiger partial charge in [-0.15, -0.1) is 40.1 Å². The van der Waals surface area contributed by atoms with E-state index in [0.717, 1.165) is 15.9 Å². The van der Waals surface area contributed by atoms with Crippen molar-refractivity contribution in [2.45, 2.75) is 46.5 Å². The third kappa shape index (κ3) is 6.83. The minimum atomic E-state index is -0.826. The van der Waals surface area contributed by atoms with Crippen LogP contribution in [0, 0.1) is 13.0 Å². The Kier molecular flexibility index (Phi) is 11.1. The molecule has 1 aliphatic rings. The zero-order valence-electron chi connectivity index (χ0n) is 22.2. The molecule has 4 heteroatoms. The van der Waals surface area contributed by atoms with Gasteiger partial charge >= 0.3 is 37.9 Å². The summed E-state index contributed by atoms with van der Waals surface area (Å²) >= 11 is -0.826. The van der Waals surface area contributed by atoms with E-state index in [0.29, 0.717) is 0 Å². The van der Waals surface area contributed by atoms with Gasteiger partial charge in [0, 0.05) is 0 Å². The number of halogens is 2. The first kappa shape index (κ1) is 29.2. The molecule has 1 aliphatic heterocycles. The molecule has 6 rings (SSSR count). The molecule has 38 heavy (non-hydrogen) atoms. The molecule has 0 fully saturated rings. The number of benzene rings is 4. The average Bonchev–Trinajstić information content (AvgIpc) is 3.54. The summed E-state index contributed by atoms with van der Waals surface area (Å²) in [7, 11) is 10.7. The number of aryl methyl sites for hydroxylation is 3. The molecule has 5 aromatic carbocycles. The van der Waals surface area contributed by atoms with Crippen LogP contribution in [0.1, 0.15) is 43.4 Å². The van der Waals surface area contributed by atoms with Crippen LogP contribution in [0.15, 0.2) is 91.0 Å². The molecule has 0 atom stereocenters. The van der Waals surface area contributed by atoms with Crippen molar-refractivity contribution in [3.05, 3.63) is 114 Å². The van der Waals surface area contributed by atoms with E-state index in [4.69, 9.17) is 17.0 Å². The summed E-state index contributed by atoms with van der Waals surface area (Å²) in [6.45, 7) is 6.73. The van der Waals surface area contributed by atoms with Crippen molar-refractivity contribution in [3.63, 3.8) is 0 Å². The van der Waals surface area contributed by atoms with Crippen LogP contribution in [0.3, 0.4) is 0 Å².